The first-order valence-electron chi connectivity index (χ1n) is 9.71. The molecule has 0 bridgehead atoms. The predicted molar refractivity (Wildman–Crippen MR) is 114 cm³/mol. The fraction of sp³-hybridized carbons (Fsp3) is 0.174. The lowest BCUT2D eigenvalue weighted by Crippen LogP contribution is -2.16. The second-order valence-electron chi connectivity index (χ2n) is 6.85. The van der Waals surface area contributed by atoms with E-state index in [4.69, 9.17) is 9.26 Å². The van der Waals surface area contributed by atoms with Gasteiger partial charge in [-0.2, -0.15) is 5.10 Å². The van der Waals surface area contributed by atoms with E-state index in [0.29, 0.717) is 24.7 Å². The van der Waals surface area contributed by atoms with Crippen LogP contribution in [-0.4, -0.2) is 27.5 Å². The maximum Gasteiger partial charge on any atom is 0.279 e. The summed E-state index contributed by atoms with van der Waals surface area (Å²) in [6.07, 6.45) is 1.65. The summed E-state index contributed by atoms with van der Waals surface area (Å²) in [5, 5.41) is 11.1. The molecule has 1 amide bonds. The number of carbonyl (C=O) groups is 1. The van der Waals surface area contributed by atoms with Gasteiger partial charge in [0.1, 0.15) is 11.6 Å². The minimum absolute atomic E-state index is 0.196. The molecular formula is C23H22N4O3. The fourth-order valence-corrected chi connectivity index (χ4v) is 3.01. The van der Waals surface area contributed by atoms with Crippen LogP contribution in [0.25, 0.3) is 11.3 Å². The molecule has 7 nitrogen and oxygen atoms in total. The Balaban J connectivity index is 1.45. The Labute approximate surface area is 174 Å². The molecule has 30 heavy (non-hydrogen) atoms. The molecule has 0 fully saturated rings. The number of nitrogens with one attached hydrogen (secondary N) is 1. The van der Waals surface area contributed by atoms with Crippen molar-refractivity contribution in [1.82, 2.24) is 14.9 Å². The van der Waals surface area contributed by atoms with Crippen molar-refractivity contribution in [1.29, 1.82) is 0 Å². The first kappa shape index (κ1) is 19.4. The van der Waals surface area contributed by atoms with Crippen LogP contribution in [0.15, 0.2) is 71.4 Å². The topological polar surface area (TPSA) is 82.2 Å². The van der Waals surface area contributed by atoms with Gasteiger partial charge in [0, 0.05) is 17.7 Å². The van der Waals surface area contributed by atoms with Gasteiger partial charge in [-0.25, -0.2) is 4.68 Å². The van der Waals surface area contributed by atoms with E-state index in [1.54, 1.807) is 23.0 Å². The second-order valence-corrected chi connectivity index (χ2v) is 6.85. The van der Waals surface area contributed by atoms with E-state index in [1.807, 2.05) is 50.2 Å². The Kier molecular flexibility index (Phi) is 5.61. The Hall–Kier alpha value is -3.87. The van der Waals surface area contributed by atoms with Crippen molar-refractivity contribution in [3.05, 3.63) is 83.7 Å². The summed E-state index contributed by atoms with van der Waals surface area (Å²) in [6.45, 7) is 5.14. The van der Waals surface area contributed by atoms with E-state index in [-0.39, 0.29) is 11.6 Å². The molecule has 0 atom stereocenters. The zero-order valence-corrected chi connectivity index (χ0v) is 16.8. The monoisotopic (exact) mass is 402 g/mol. The van der Waals surface area contributed by atoms with Crippen molar-refractivity contribution in [2.24, 2.45) is 0 Å². The third-order valence-corrected chi connectivity index (χ3v) is 4.60. The highest BCUT2D eigenvalue weighted by atomic mass is 16.5. The van der Waals surface area contributed by atoms with Gasteiger partial charge in [-0.1, -0.05) is 35.0 Å². The molecule has 2 heterocycles. The SMILES string of the molecule is CCOc1ccc(-c2cc(C(=O)Nc3ccnn3Cc3ccc(C)cc3)no2)cc1. The summed E-state index contributed by atoms with van der Waals surface area (Å²) in [6, 6.07) is 19.0. The highest BCUT2D eigenvalue weighted by Gasteiger charge is 2.16. The molecule has 0 saturated carbocycles. The highest BCUT2D eigenvalue weighted by molar-refractivity contribution is 6.02. The Morgan fingerprint density at radius 3 is 2.60 bits per heavy atom. The van der Waals surface area contributed by atoms with Crippen LogP contribution in [0.4, 0.5) is 5.82 Å². The van der Waals surface area contributed by atoms with Crippen LogP contribution in [-0.2, 0) is 6.54 Å². The van der Waals surface area contributed by atoms with Gasteiger partial charge in [-0.3, -0.25) is 4.79 Å². The zero-order valence-electron chi connectivity index (χ0n) is 16.8. The number of rotatable bonds is 7. The van der Waals surface area contributed by atoms with Gasteiger partial charge in [-0.05, 0) is 43.7 Å². The Morgan fingerprint density at radius 1 is 1.10 bits per heavy atom. The van der Waals surface area contributed by atoms with Crippen molar-refractivity contribution in [2.75, 3.05) is 11.9 Å². The van der Waals surface area contributed by atoms with Gasteiger partial charge in [0.25, 0.3) is 5.91 Å². The average molecular weight is 402 g/mol. The van der Waals surface area contributed by atoms with Crippen molar-refractivity contribution in [3.63, 3.8) is 0 Å². The van der Waals surface area contributed by atoms with Crippen LogP contribution in [0, 0.1) is 6.92 Å². The lowest BCUT2D eigenvalue weighted by atomic mass is 10.1. The zero-order chi connectivity index (χ0) is 20.9. The van der Waals surface area contributed by atoms with Crippen molar-refractivity contribution < 1.29 is 14.1 Å². The van der Waals surface area contributed by atoms with Gasteiger partial charge >= 0.3 is 0 Å². The van der Waals surface area contributed by atoms with Crippen molar-refractivity contribution in [2.45, 2.75) is 20.4 Å². The molecule has 0 unspecified atom stereocenters. The number of hydrogen-bond acceptors (Lipinski definition) is 5. The molecule has 152 valence electrons. The van der Waals surface area contributed by atoms with E-state index in [1.165, 1.54) is 5.56 Å². The number of hydrogen-bond donors (Lipinski definition) is 1. The molecule has 0 radical (unpaired) electrons. The van der Waals surface area contributed by atoms with Gasteiger partial charge in [0.15, 0.2) is 11.5 Å². The first-order chi connectivity index (χ1) is 14.6. The molecule has 0 spiro atoms. The van der Waals surface area contributed by atoms with E-state index in [0.717, 1.165) is 16.9 Å². The molecule has 1 N–H and O–H groups in total. The number of carbonyl (C=O) groups excluding carboxylic acids is 1. The second kappa shape index (κ2) is 8.65. The molecule has 4 rings (SSSR count). The predicted octanol–water partition coefficient (Wildman–Crippen LogP) is 4.55. The molecule has 7 heteroatoms. The summed E-state index contributed by atoms with van der Waals surface area (Å²) in [5.74, 6) is 1.52. The quantitative estimate of drug-likeness (QED) is 0.491. The van der Waals surface area contributed by atoms with Crippen LogP contribution in [0.3, 0.4) is 0 Å². The molecular weight excluding hydrogens is 380 g/mol. The van der Waals surface area contributed by atoms with E-state index >= 15 is 0 Å². The van der Waals surface area contributed by atoms with Crippen LogP contribution < -0.4 is 10.1 Å². The first-order valence-corrected chi connectivity index (χ1v) is 9.71. The summed E-state index contributed by atoms with van der Waals surface area (Å²) in [4.78, 5) is 12.7. The smallest absolute Gasteiger partial charge is 0.279 e. The number of aryl methyl sites for hydroxylation is 1. The van der Waals surface area contributed by atoms with Crippen molar-refractivity contribution in [3.8, 4) is 17.1 Å². The van der Waals surface area contributed by atoms with Crippen LogP contribution >= 0.6 is 0 Å². The van der Waals surface area contributed by atoms with Gasteiger partial charge in [0.2, 0.25) is 0 Å². The van der Waals surface area contributed by atoms with Gasteiger partial charge in [-0.15, -0.1) is 0 Å². The van der Waals surface area contributed by atoms with Crippen LogP contribution in [0.2, 0.25) is 0 Å². The summed E-state index contributed by atoms with van der Waals surface area (Å²) in [5.41, 5.74) is 3.30. The van der Waals surface area contributed by atoms with E-state index < -0.39 is 0 Å². The molecule has 2 aromatic heterocycles. The van der Waals surface area contributed by atoms with Crippen molar-refractivity contribution >= 4 is 11.7 Å². The molecule has 2 aromatic carbocycles. The molecule has 0 saturated heterocycles. The number of amides is 1. The van der Waals surface area contributed by atoms with E-state index in [2.05, 4.69) is 27.7 Å². The minimum Gasteiger partial charge on any atom is -0.494 e. The fourth-order valence-electron chi connectivity index (χ4n) is 3.01. The largest absolute Gasteiger partial charge is 0.494 e. The lowest BCUT2D eigenvalue weighted by Gasteiger charge is -2.08. The summed E-state index contributed by atoms with van der Waals surface area (Å²) >= 11 is 0. The maximum absolute atomic E-state index is 12.7. The number of aromatic nitrogens is 3. The van der Waals surface area contributed by atoms with Crippen LogP contribution in [0.1, 0.15) is 28.5 Å². The van der Waals surface area contributed by atoms with E-state index in [9.17, 15) is 4.79 Å². The van der Waals surface area contributed by atoms with Gasteiger partial charge < -0.3 is 14.6 Å². The normalized spacial score (nSPS) is 10.7. The minimum atomic E-state index is -0.360. The molecule has 0 aliphatic rings. The maximum atomic E-state index is 12.7. The Morgan fingerprint density at radius 2 is 1.87 bits per heavy atom. The van der Waals surface area contributed by atoms with Gasteiger partial charge in [0.05, 0.1) is 19.3 Å². The Bertz CT molecular complexity index is 1130. The average Bonchev–Trinajstić information content (AvgIpc) is 3.41. The lowest BCUT2D eigenvalue weighted by molar-refractivity contribution is 0.101. The summed E-state index contributed by atoms with van der Waals surface area (Å²) < 4.78 is 12.5. The summed E-state index contributed by atoms with van der Waals surface area (Å²) in [7, 11) is 0. The molecule has 0 aliphatic carbocycles. The highest BCUT2D eigenvalue weighted by Crippen LogP contribution is 2.23. The third-order valence-electron chi connectivity index (χ3n) is 4.60. The number of benzene rings is 2. The third kappa shape index (κ3) is 4.41. The number of nitrogens with zero attached hydrogens (tertiary/aromatic N) is 3. The number of ether oxygens (including phenoxy) is 1. The van der Waals surface area contributed by atoms with Crippen LogP contribution in [0.5, 0.6) is 5.75 Å². The standard InChI is InChI=1S/C23H22N4O3/c1-3-29-19-10-8-18(9-11-19)21-14-20(26-30-21)23(28)25-22-12-13-24-27(22)15-17-6-4-16(2)5-7-17/h4-14H,3,15H2,1-2H3,(H,25,28). The number of anilines is 1. The molecule has 4 aromatic rings. The molecule has 0 aliphatic heterocycles.